The topological polar surface area (TPSA) is 48.0 Å². The number of benzene rings is 1. The van der Waals surface area contributed by atoms with E-state index in [1.807, 2.05) is 49.5 Å². The lowest BCUT2D eigenvalue weighted by molar-refractivity contribution is 0.604. The number of hydrogen-bond donors (Lipinski definition) is 1. The van der Waals surface area contributed by atoms with Gasteiger partial charge in [0.05, 0.1) is 6.04 Å². The lowest BCUT2D eigenvalue weighted by Gasteiger charge is -2.14. The van der Waals surface area contributed by atoms with Gasteiger partial charge in [0.25, 0.3) is 5.56 Å². The molecule has 1 aromatic carbocycles. The van der Waals surface area contributed by atoms with Gasteiger partial charge in [0, 0.05) is 18.3 Å². The molecule has 0 aliphatic heterocycles. The third-order valence-electron chi connectivity index (χ3n) is 3.57. The van der Waals surface area contributed by atoms with Gasteiger partial charge in [0.1, 0.15) is 0 Å². The van der Waals surface area contributed by atoms with Gasteiger partial charge in [-0.2, -0.15) is 0 Å². The number of pyridine rings is 1. The molecular formula is C17H22N2O. The summed E-state index contributed by atoms with van der Waals surface area (Å²) < 4.78 is 1.76. The minimum atomic E-state index is -0.364. The summed E-state index contributed by atoms with van der Waals surface area (Å²) in [6.45, 7) is 4.91. The van der Waals surface area contributed by atoms with Crippen LogP contribution in [-0.2, 0) is 6.54 Å². The van der Waals surface area contributed by atoms with E-state index in [2.05, 4.69) is 6.92 Å². The molecule has 0 aliphatic carbocycles. The van der Waals surface area contributed by atoms with E-state index >= 15 is 0 Å². The summed E-state index contributed by atoms with van der Waals surface area (Å²) >= 11 is 0. The zero-order chi connectivity index (χ0) is 14.5. The minimum Gasteiger partial charge on any atom is -0.320 e. The molecule has 106 valence electrons. The van der Waals surface area contributed by atoms with Gasteiger partial charge in [-0.25, -0.2) is 0 Å². The van der Waals surface area contributed by atoms with Crippen LogP contribution in [0, 0.1) is 6.92 Å². The Bertz CT molecular complexity index is 614. The normalized spacial score (nSPS) is 12.3. The van der Waals surface area contributed by atoms with E-state index in [-0.39, 0.29) is 11.6 Å². The van der Waals surface area contributed by atoms with Crippen LogP contribution in [0.25, 0.3) is 0 Å². The molecule has 0 fully saturated rings. The van der Waals surface area contributed by atoms with Crippen molar-refractivity contribution < 1.29 is 0 Å². The maximum atomic E-state index is 12.4. The maximum absolute atomic E-state index is 12.4. The summed E-state index contributed by atoms with van der Waals surface area (Å²) in [6, 6.07) is 11.4. The third-order valence-corrected chi connectivity index (χ3v) is 3.57. The summed E-state index contributed by atoms with van der Waals surface area (Å²) in [6.07, 6.45) is 3.91. The molecule has 1 heterocycles. The highest BCUT2D eigenvalue weighted by Gasteiger charge is 2.13. The molecular weight excluding hydrogens is 248 g/mol. The first-order valence-corrected chi connectivity index (χ1v) is 7.15. The second-order valence-corrected chi connectivity index (χ2v) is 5.20. The molecule has 0 bridgehead atoms. The van der Waals surface area contributed by atoms with Crippen LogP contribution in [-0.4, -0.2) is 4.57 Å². The molecule has 3 nitrogen and oxygen atoms in total. The Morgan fingerprint density at radius 2 is 1.90 bits per heavy atom. The van der Waals surface area contributed by atoms with Crippen LogP contribution in [0.5, 0.6) is 0 Å². The van der Waals surface area contributed by atoms with Gasteiger partial charge >= 0.3 is 0 Å². The Hall–Kier alpha value is -1.87. The van der Waals surface area contributed by atoms with Gasteiger partial charge in [-0.15, -0.1) is 0 Å². The number of rotatable bonds is 5. The average molecular weight is 270 g/mol. The fourth-order valence-electron chi connectivity index (χ4n) is 2.25. The van der Waals surface area contributed by atoms with E-state index in [4.69, 9.17) is 5.73 Å². The Balaban J connectivity index is 2.32. The second-order valence-electron chi connectivity index (χ2n) is 5.20. The first-order chi connectivity index (χ1) is 9.63. The SMILES string of the molecule is CCCCn1cccc(C(N)c2ccc(C)cc2)c1=O. The molecule has 2 aromatic rings. The number of aromatic nitrogens is 1. The molecule has 1 aromatic heterocycles. The Morgan fingerprint density at radius 3 is 2.55 bits per heavy atom. The zero-order valence-electron chi connectivity index (χ0n) is 12.2. The third kappa shape index (κ3) is 3.17. The van der Waals surface area contributed by atoms with Crippen LogP contribution in [0.2, 0.25) is 0 Å². The molecule has 1 atom stereocenters. The molecule has 2 N–H and O–H groups in total. The largest absolute Gasteiger partial charge is 0.320 e. The molecule has 20 heavy (non-hydrogen) atoms. The van der Waals surface area contributed by atoms with Crippen LogP contribution < -0.4 is 11.3 Å². The van der Waals surface area contributed by atoms with E-state index in [1.54, 1.807) is 4.57 Å². The van der Waals surface area contributed by atoms with Gasteiger partial charge in [0.15, 0.2) is 0 Å². The van der Waals surface area contributed by atoms with Crippen molar-refractivity contribution in [2.75, 3.05) is 0 Å². The van der Waals surface area contributed by atoms with Crippen molar-refractivity contribution >= 4 is 0 Å². The highest BCUT2D eigenvalue weighted by Crippen LogP contribution is 2.17. The fourth-order valence-corrected chi connectivity index (χ4v) is 2.25. The van der Waals surface area contributed by atoms with Gasteiger partial charge in [-0.1, -0.05) is 49.2 Å². The van der Waals surface area contributed by atoms with Crippen LogP contribution in [0.15, 0.2) is 47.4 Å². The Morgan fingerprint density at radius 1 is 1.20 bits per heavy atom. The number of nitrogens with zero attached hydrogens (tertiary/aromatic N) is 1. The summed E-state index contributed by atoms with van der Waals surface area (Å²) in [5, 5.41) is 0. The predicted molar refractivity (Wildman–Crippen MR) is 82.8 cm³/mol. The molecule has 0 saturated heterocycles. The van der Waals surface area contributed by atoms with E-state index < -0.39 is 0 Å². The monoisotopic (exact) mass is 270 g/mol. The molecule has 3 heteroatoms. The summed E-state index contributed by atoms with van der Waals surface area (Å²) in [7, 11) is 0. The fraction of sp³-hybridized carbons (Fsp3) is 0.353. The van der Waals surface area contributed by atoms with Crippen LogP contribution >= 0.6 is 0 Å². The van der Waals surface area contributed by atoms with Crippen molar-refractivity contribution in [3.05, 3.63) is 69.6 Å². The molecule has 1 unspecified atom stereocenters. The first kappa shape index (κ1) is 14.5. The van der Waals surface area contributed by atoms with Crippen LogP contribution in [0.1, 0.15) is 42.5 Å². The molecule has 0 amide bonds. The Kier molecular flexibility index (Phi) is 4.74. The predicted octanol–water partition coefficient (Wildman–Crippen LogP) is 3.00. The minimum absolute atomic E-state index is 0.0222. The summed E-state index contributed by atoms with van der Waals surface area (Å²) in [5.41, 5.74) is 9.10. The van der Waals surface area contributed by atoms with E-state index in [0.717, 1.165) is 24.9 Å². The number of unbranched alkanes of at least 4 members (excludes halogenated alkanes) is 1. The quantitative estimate of drug-likeness (QED) is 0.908. The average Bonchev–Trinajstić information content (AvgIpc) is 2.46. The van der Waals surface area contributed by atoms with E-state index in [1.165, 1.54) is 5.56 Å². The molecule has 0 aliphatic rings. The van der Waals surface area contributed by atoms with Crippen molar-refractivity contribution in [1.82, 2.24) is 4.57 Å². The van der Waals surface area contributed by atoms with Gasteiger partial charge < -0.3 is 10.3 Å². The van der Waals surface area contributed by atoms with Crippen molar-refractivity contribution in [3.8, 4) is 0 Å². The Labute approximate surface area is 120 Å². The maximum Gasteiger partial charge on any atom is 0.255 e. The smallest absolute Gasteiger partial charge is 0.255 e. The van der Waals surface area contributed by atoms with Crippen molar-refractivity contribution in [2.24, 2.45) is 5.73 Å². The zero-order valence-corrected chi connectivity index (χ0v) is 12.2. The number of nitrogens with two attached hydrogens (primary N) is 1. The molecule has 0 saturated carbocycles. The molecule has 0 spiro atoms. The van der Waals surface area contributed by atoms with Crippen LogP contribution in [0.3, 0.4) is 0 Å². The van der Waals surface area contributed by atoms with Crippen molar-refractivity contribution in [1.29, 1.82) is 0 Å². The highest BCUT2D eigenvalue weighted by molar-refractivity contribution is 5.31. The number of aryl methyl sites for hydroxylation is 2. The van der Waals surface area contributed by atoms with Crippen LogP contribution in [0.4, 0.5) is 0 Å². The van der Waals surface area contributed by atoms with E-state index in [9.17, 15) is 4.79 Å². The number of hydrogen-bond acceptors (Lipinski definition) is 2. The van der Waals surface area contributed by atoms with Gasteiger partial charge in [-0.3, -0.25) is 4.79 Å². The standard InChI is InChI=1S/C17H22N2O/c1-3-4-11-19-12-5-6-15(17(19)20)16(18)14-9-7-13(2)8-10-14/h5-10,12,16H,3-4,11,18H2,1-2H3. The van der Waals surface area contributed by atoms with Gasteiger partial charge in [0.2, 0.25) is 0 Å². The summed E-state index contributed by atoms with van der Waals surface area (Å²) in [4.78, 5) is 12.4. The lowest BCUT2D eigenvalue weighted by Crippen LogP contribution is -2.28. The van der Waals surface area contributed by atoms with E-state index in [0.29, 0.717) is 5.56 Å². The highest BCUT2D eigenvalue weighted by atomic mass is 16.1. The molecule has 2 rings (SSSR count). The first-order valence-electron chi connectivity index (χ1n) is 7.15. The van der Waals surface area contributed by atoms with Crippen molar-refractivity contribution in [2.45, 2.75) is 39.3 Å². The molecule has 0 radical (unpaired) electrons. The lowest BCUT2D eigenvalue weighted by atomic mass is 10.00. The summed E-state index contributed by atoms with van der Waals surface area (Å²) in [5.74, 6) is 0. The van der Waals surface area contributed by atoms with Gasteiger partial charge in [-0.05, 0) is 25.0 Å². The second kappa shape index (κ2) is 6.53. The van der Waals surface area contributed by atoms with Crippen molar-refractivity contribution in [3.63, 3.8) is 0 Å².